The molecule has 0 amide bonds. The molecule has 17 heavy (non-hydrogen) atoms. The Morgan fingerprint density at radius 1 is 0.765 bits per heavy atom. The number of hydrogen-bond donors (Lipinski definition) is 0. The van der Waals surface area contributed by atoms with Crippen LogP contribution in [0.3, 0.4) is 0 Å². The Balaban J connectivity index is 0. The molecule has 0 unspecified atom stereocenters. The van der Waals surface area contributed by atoms with E-state index in [0.29, 0.717) is 11.4 Å². The van der Waals surface area contributed by atoms with Gasteiger partial charge in [0.1, 0.15) is 0 Å². The average Bonchev–Trinajstić information content (AvgIpc) is 2.31. The van der Waals surface area contributed by atoms with Crippen LogP contribution in [0.2, 0.25) is 0 Å². The maximum Gasteiger partial charge on any atom is 2.00 e. The van der Waals surface area contributed by atoms with Gasteiger partial charge in [0.2, 0.25) is 0 Å². The first-order valence-corrected chi connectivity index (χ1v) is 4.99. The van der Waals surface area contributed by atoms with E-state index in [4.69, 9.17) is 0 Å². The molecule has 0 aliphatic heterocycles. The third kappa shape index (κ3) is 8.99. The molecule has 0 aliphatic carbocycles. The minimum Gasteiger partial charge on any atom is -0.720 e. The molecule has 99 valence electrons. The van der Waals surface area contributed by atoms with Gasteiger partial charge < -0.3 is 34.7 Å². The second-order valence-corrected chi connectivity index (χ2v) is 3.21. The molecular weight excluding hydrogens is 312 g/mol. The average molecular weight is 324 g/mol. The fourth-order valence-corrected chi connectivity index (χ4v) is 0.540. The van der Waals surface area contributed by atoms with Crippen molar-refractivity contribution >= 4 is 47.1 Å². The number of rotatable bonds is 3. The van der Waals surface area contributed by atoms with Gasteiger partial charge in [-0.1, -0.05) is 0 Å². The minimum atomic E-state index is 0. The number of ether oxygens (including phenoxy) is 2. The Labute approximate surface area is 122 Å². The first-order chi connectivity index (χ1) is 7.51. The summed E-state index contributed by atoms with van der Waals surface area (Å²) in [6.45, 7) is 3.43. The van der Waals surface area contributed by atoms with Gasteiger partial charge in [0.15, 0.2) is 0 Å². The Morgan fingerprint density at radius 2 is 1.06 bits per heavy atom. The summed E-state index contributed by atoms with van der Waals surface area (Å²) in [5.74, 6) is 0. The van der Waals surface area contributed by atoms with Crippen molar-refractivity contribution in [2.24, 2.45) is 20.4 Å². The first-order valence-electron chi connectivity index (χ1n) is 4.18. The number of hydrogen-bond acceptors (Lipinski definition) is 8. The molecule has 0 bridgehead atoms. The molecule has 0 saturated carbocycles. The van der Waals surface area contributed by atoms with Crippen LogP contribution in [0.5, 0.6) is 0 Å². The van der Waals surface area contributed by atoms with E-state index < -0.39 is 0 Å². The van der Waals surface area contributed by atoms with Gasteiger partial charge in [-0.2, -0.15) is 10.2 Å². The summed E-state index contributed by atoms with van der Waals surface area (Å²) in [6, 6.07) is 0. The molecule has 0 fully saturated rings. The van der Waals surface area contributed by atoms with Crippen LogP contribution in [0.25, 0.3) is 0 Å². The van der Waals surface area contributed by atoms with Crippen LogP contribution in [-0.4, -0.2) is 36.1 Å². The summed E-state index contributed by atoms with van der Waals surface area (Å²) in [7, 11) is 2.84. The Bertz CT molecular complexity index is 321. The van der Waals surface area contributed by atoms with E-state index in [1.807, 2.05) is 0 Å². The molecule has 0 aliphatic rings. The van der Waals surface area contributed by atoms with Crippen LogP contribution >= 0.6 is 0 Å². The van der Waals surface area contributed by atoms with Crippen LogP contribution in [0.4, 0.5) is 0 Å². The molecule has 6 nitrogen and oxygen atoms in total. The van der Waals surface area contributed by atoms with Crippen molar-refractivity contribution in [3.8, 4) is 0 Å². The molecule has 0 rings (SSSR count). The predicted molar refractivity (Wildman–Crippen MR) is 69.8 cm³/mol. The van der Waals surface area contributed by atoms with Gasteiger partial charge in [0, 0.05) is 0 Å². The van der Waals surface area contributed by atoms with E-state index >= 15 is 0 Å². The topological polar surface area (TPSA) is 67.9 Å². The normalized spacial score (nSPS) is 14.1. The third-order valence-corrected chi connectivity index (χ3v) is 1.93. The Kier molecular flexibility index (Phi) is 11.4. The summed E-state index contributed by atoms with van der Waals surface area (Å²) in [5.41, 5.74) is 1.11. The van der Waals surface area contributed by atoms with Crippen LogP contribution < -0.4 is 0 Å². The van der Waals surface area contributed by atoms with Crippen LogP contribution in [0.15, 0.2) is 20.4 Å². The van der Waals surface area contributed by atoms with Gasteiger partial charge in [-0.3, -0.25) is 0 Å². The summed E-state index contributed by atoms with van der Waals surface area (Å²) in [4.78, 5) is 0. The van der Waals surface area contributed by atoms with Gasteiger partial charge in [-0.15, -0.1) is 10.2 Å². The molecule has 0 atom stereocenters. The maximum atomic E-state index is 4.69. The molecule has 0 aromatic heterocycles. The second kappa shape index (κ2) is 10.4. The zero-order valence-electron chi connectivity index (χ0n) is 9.72. The predicted octanol–water partition coefficient (Wildman–Crippen LogP) is 0.834. The van der Waals surface area contributed by atoms with Crippen molar-refractivity contribution in [2.75, 3.05) is 14.2 Å². The van der Waals surface area contributed by atoms with Gasteiger partial charge in [-0.05, 0) is 13.8 Å². The molecule has 1 radical (unpaired) electrons. The van der Waals surface area contributed by atoms with Gasteiger partial charge >= 0.3 is 17.1 Å². The smallest absolute Gasteiger partial charge is 0.720 e. The summed E-state index contributed by atoms with van der Waals surface area (Å²) >= 11 is 9.37. The molecule has 0 aromatic carbocycles. The van der Waals surface area contributed by atoms with Gasteiger partial charge in [0.05, 0.1) is 36.1 Å². The molecule has 0 heterocycles. The van der Waals surface area contributed by atoms with Crippen molar-refractivity contribution in [2.45, 2.75) is 13.8 Å². The van der Waals surface area contributed by atoms with E-state index in [9.17, 15) is 0 Å². The fraction of sp³-hybridized carbons (Fsp3) is 0.500. The van der Waals surface area contributed by atoms with Gasteiger partial charge in [0.25, 0.3) is 0 Å². The quantitative estimate of drug-likeness (QED) is 0.254. The summed E-state index contributed by atoms with van der Waals surface area (Å²) in [6.07, 6.45) is 0. The van der Waals surface area contributed by atoms with E-state index in [1.54, 1.807) is 13.8 Å². The van der Waals surface area contributed by atoms with E-state index in [1.165, 1.54) is 14.2 Å². The monoisotopic (exact) mass is 323 g/mol. The first kappa shape index (κ1) is 18.6. The molecular formula is C8H12CuN4O2S2. The van der Waals surface area contributed by atoms with Crippen molar-refractivity contribution in [3.05, 3.63) is 0 Å². The molecule has 0 aromatic rings. The zero-order valence-corrected chi connectivity index (χ0v) is 12.3. The second-order valence-electron chi connectivity index (χ2n) is 2.51. The zero-order chi connectivity index (χ0) is 12.6. The Morgan fingerprint density at radius 3 is 1.29 bits per heavy atom. The molecule has 0 spiro atoms. The molecule has 0 N–H and O–H groups in total. The van der Waals surface area contributed by atoms with Gasteiger partial charge in [-0.25, -0.2) is 0 Å². The third-order valence-electron chi connectivity index (χ3n) is 1.44. The van der Waals surface area contributed by atoms with E-state index in [-0.39, 0.29) is 27.5 Å². The van der Waals surface area contributed by atoms with E-state index in [2.05, 4.69) is 55.1 Å². The van der Waals surface area contributed by atoms with Crippen LogP contribution in [0.1, 0.15) is 13.8 Å². The largest absolute Gasteiger partial charge is 2.00 e. The SMILES string of the molecule is CO/C([S-])=N/N=C(C)/C(C)=N/N=C(\[S-])OC.[Cu+2]. The van der Waals surface area contributed by atoms with Crippen LogP contribution in [-0.2, 0) is 51.8 Å². The maximum absolute atomic E-state index is 4.69. The standard InChI is InChI=1S/C8H14N4O2S2.Cu/c1-5(9-11-7(15)13-3)6(2)10-12-8(16)14-4;/h1-4H3,(H,11,15)(H,12,16);/q;+2/p-2/b9-5+,10-6+;. The molecule has 9 heteroatoms. The fourth-order valence-electron chi connectivity index (χ4n) is 0.458. The van der Waals surface area contributed by atoms with Crippen molar-refractivity contribution in [1.82, 2.24) is 0 Å². The van der Waals surface area contributed by atoms with Crippen molar-refractivity contribution in [1.29, 1.82) is 0 Å². The van der Waals surface area contributed by atoms with Crippen molar-refractivity contribution < 1.29 is 26.5 Å². The van der Waals surface area contributed by atoms with Crippen molar-refractivity contribution in [3.63, 3.8) is 0 Å². The molecule has 0 saturated heterocycles. The minimum absolute atomic E-state index is 0. The summed E-state index contributed by atoms with van der Waals surface area (Å²) in [5, 5.41) is 14.9. The van der Waals surface area contributed by atoms with Crippen LogP contribution in [0, 0.1) is 0 Å². The summed E-state index contributed by atoms with van der Waals surface area (Å²) < 4.78 is 9.30. The number of nitrogens with zero attached hydrogens (tertiary/aromatic N) is 4. The number of methoxy groups -OCH3 is 2. The van der Waals surface area contributed by atoms with E-state index in [0.717, 1.165) is 0 Å². The Hall–Kier alpha value is -0.761.